The summed E-state index contributed by atoms with van der Waals surface area (Å²) in [6.45, 7) is 3.05. The van der Waals surface area contributed by atoms with Crippen LogP contribution in [0.1, 0.15) is 18.4 Å². The van der Waals surface area contributed by atoms with E-state index in [4.69, 9.17) is 12.2 Å². The third kappa shape index (κ3) is 4.86. The molecule has 1 saturated carbocycles. The smallest absolute Gasteiger partial charge is 0.275 e. The van der Waals surface area contributed by atoms with Crippen molar-refractivity contribution in [3.63, 3.8) is 0 Å². The summed E-state index contributed by atoms with van der Waals surface area (Å²) in [4.78, 5) is 12.9. The van der Waals surface area contributed by atoms with E-state index in [0.29, 0.717) is 23.2 Å². The molecular formula is C16H22N5OS2+. The van der Waals surface area contributed by atoms with Crippen LogP contribution in [0.5, 0.6) is 0 Å². The lowest BCUT2D eigenvalue weighted by Gasteiger charge is -2.13. The molecule has 0 bridgehead atoms. The lowest BCUT2D eigenvalue weighted by molar-refractivity contribution is -0.895. The van der Waals surface area contributed by atoms with Gasteiger partial charge in [-0.25, -0.2) is 0 Å². The Morgan fingerprint density at radius 2 is 2.29 bits per heavy atom. The number of carbonyl (C=O) groups is 1. The molecule has 1 aliphatic carbocycles. The van der Waals surface area contributed by atoms with Crippen LogP contribution in [-0.4, -0.2) is 35.3 Å². The van der Waals surface area contributed by atoms with Gasteiger partial charge in [0.25, 0.3) is 5.91 Å². The van der Waals surface area contributed by atoms with E-state index in [0.717, 1.165) is 28.6 Å². The Balaban J connectivity index is 1.58. The predicted octanol–water partition coefficient (Wildman–Crippen LogP) is 1.48. The maximum atomic E-state index is 11.9. The van der Waals surface area contributed by atoms with Crippen LogP contribution in [0.15, 0.2) is 24.3 Å². The van der Waals surface area contributed by atoms with E-state index >= 15 is 0 Å². The Hall–Kier alpha value is -1.77. The van der Waals surface area contributed by atoms with Gasteiger partial charge in [0.05, 0.1) is 7.05 Å². The Morgan fingerprint density at radius 1 is 1.50 bits per heavy atom. The summed E-state index contributed by atoms with van der Waals surface area (Å²) in [5.41, 5.74) is 2.18. The predicted molar refractivity (Wildman–Crippen MR) is 98.3 cm³/mol. The van der Waals surface area contributed by atoms with Crippen molar-refractivity contribution in [1.29, 1.82) is 0 Å². The molecule has 1 aliphatic rings. The Kier molecular flexibility index (Phi) is 5.27. The lowest BCUT2D eigenvalue weighted by atomic mass is 10.2. The topological polar surface area (TPSA) is 63.4 Å². The molecule has 3 N–H and O–H groups in total. The average molecular weight is 365 g/mol. The zero-order chi connectivity index (χ0) is 17.1. The second kappa shape index (κ2) is 7.42. The van der Waals surface area contributed by atoms with Crippen molar-refractivity contribution in [2.75, 3.05) is 18.9 Å². The zero-order valence-electron chi connectivity index (χ0n) is 13.8. The fraction of sp³-hybridized carbons (Fsp3) is 0.438. The molecule has 0 saturated heterocycles. The van der Waals surface area contributed by atoms with Gasteiger partial charge in [-0.15, -0.1) is 5.10 Å². The number of amides is 1. The molecule has 1 aromatic heterocycles. The SMILES string of the molecule is Cc1cccc(Nc2nn(C[NH+](C)CC(=O)NC3CC3)c(=S)s2)c1. The molecule has 1 unspecified atom stereocenters. The van der Waals surface area contributed by atoms with Gasteiger partial charge in [-0.05, 0) is 49.7 Å². The molecule has 0 spiro atoms. The molecule has 1 amide bonds. The van der Waals surface area contributed by atoms with E-state index in [1.807, 2.05) is 19.2 Å². The fourth-order valence-electron chi connectivity index (χ4n) is 2.40. The highest BCUT2D eigenvalue weighted by atomic mass is 32.1. The summed E-state index contributed by atoms with van der Waals surface area (Å²) in [7, 11) is 1.97. The van der Waals surface area contributed by atoms with Gasteiger partial charge in [-0.3, -0.25) is 4.79 Å². The number of hydrogen-bond donors (Lipinski definition) is 3. The molecule has 24 heavy (non-hydrogen) atoms. The highest BCUT2D eigenvalue weighted by Gasteiger charge is 2.24. The summed E-state index contributed by atoms with van der Waals surface area (Å²) in [6, 6.07) is 8.52. The molecule has 8 heteroatoms. The molecule has 2 aromatic rings. The summed E-state index contributed by atoms with van der Waals surface area (Å²) in [6.07, 6.45) is 2.21. The monoisotopic (exact) mass is 364 g/mol. The maximum Gasteiger partial charge on any atom is 0.275 e. The molecule has 0 radical (unpaired) electrons. The van der Waals surface area contributed by atoms with Crippen molar-refractivity contribution in [3.05, 3.63) is 33.8 Å². The number of nitrogens with zero attached hydrogens (tertiary/aromatic N) is 2. The number of quaternary nitrogens is 1. The number of benzene rings is 1. The van der Waals surface area contributed by atoms with Crippen LogP contribution in [0.3, 0.4) is 0 Å². The first kappa shape index (κ1) is 17.1. The summed E-state index contributed by atoms with van der Waals surface area (Å²) in [5.74, 6) is 0.0925. The standard InChI is InChI=1S/C16H21N5OS2/c1-11-4-3-5-13(8-11)18-15-19-21(16(23)24-15)10-20(2)9-14(22)17-12-6-7-12/h3-5,8,12H,6-7,9-10H2,1-2H3,(H,17,22)(H,18,19)/p+1. The van der Waals surface area contributed by atoms with Crippen LogP contribution in [0.4, 0.5) is 10.8 Å². The Morgan fingerprint density at radius 3 is 3.00 bits per heavy atom. The first-order valence-electron chi connectivity index (χ1n) is 8.02. The van der Waals surface area contributed by atoms with Gasteiger partial charge in [0.15, 0.2) is 17.2 Å². The molecular weight excluding hydrogens is 342 g/mol. The first-order valence-corrected chi connectivity index (χ1v) is 9.24. The molecule has 1 fully saturated rings. The number of carbonyl (C=O) groups excluding carboxylic acids is 1. The zero-order valence-corrected chi connectivity index (χ0v) is 15.5. The van der Waals surface area contributed by atoms with Crippen molar-refractivity contribution >= 4 is 40.3 Å². The fourth-order valence-corrected chi connectivity index (χ4v) is 3.42. The molecule has 0 aliphatic heterocycles. The van der Waals surface area contributed by atoms with Crippen LogP contribution in [0, 0.1) is 10.9 Å². The number of nitrogens with one attached hydrogen (secondary N) is 3. The van der Waals surface area contributed by atoms with Crippen molar-refractivity contribution in [3.8, 4) is 0 Å². The molecule has 3 rings (SSSR count). The minimum atomic E-state index is 0.0925. The number of rotatable bonds is 7. The number of aryl methyl sites for hydroxylation is 1. The van der Waals surface area contributed by atoms with Gasteiger partial charge in [-0.1, -0.05) is 23.5 Å². The number of anilines is 2. The van der Waals surface area contributed by atoms with Crippen LogP contribution in [0.25, 0.3) is 0 Å². The van der Waals surface area contributed by atoms with Crippen LogP contribution >= 0.6 is 23.6 Å². The number of hydrogen-bond acceptors (Lipinski definition) is 5. The highest BCUT2D eigenvalue weighted by molar-refractivity contribution is 7.73. The second-order valence-electron chi connectivity index (χ2n) is 6.30. The average Bonchev–Trinajstić information content (AvgIpc) is 3.23. The summed E-state index contributed by atoms with van der Waals surface area (Å²) >= 11 is 6.83. The van der Waals surface area contributed by atoms with Crippen molar-refractivity contribution in [2.24, 2.45) is 0 Å². The molecule has 6 nitrogen and oxygen atoms in total. The van der Waals surface area contributed by atoms with Gasteiger partial charge in [0, 0.05) is 11.7 Å². The number of likely N-dealkylation sites (N-methyl/N-ethyl adjacent to an activating group) is 1. The van der Waals surface area contributed by atoms with E-state index in [-0.39, 0.29) is 5.91 Å². The Labute approximate surface area is 150 Å². The third-order valence-corrected chi connectivity index (χ3v) is 4.92. The lowest BCUT2D eigenvalue weighted by Crippen LogP contribution is -3.09. The van der Waals surface area contributed by atoms with E-state index < -0.39 is 0 Å². The van der Waals surface area contributed by atoms with Crippen molar-refractivity contribution in [2.45, 2.75) is 32.5 Å². The van der Waals surface area contributed by atoms with Crippen LogP contribution < -0.4 is 15.5 Å². The van der Waals surface area contributed by atoms with Gasteiger partial charge < -0.3 is 15.5 Å². The van der Waals surface area contributed by atoms with E-state index in [1.54, 1.807) is 4.68 Å². The summed E-state index contributed by atoms with van der Waals surface area (Å²) in [5, 5.41) is 11.6. The van der Waals surface area contributed by atoms with Crippen molar-refractivity contribution in [1.82, 2.24) is 15.1 Å². The third-order valence-electron chi connectivity index (χ3n) is 3.70. The molecule has 128 valence electrons. The maximum absolute atomic E-state index is 11.9. The van der Waals surface area contributed by atoms with Gasteiger partial charge in [0.2, 0.25) is 5.13 Å². The first-order chi connectivity index (χ1) is 11.5. The molecule has 1 atom stereocenters. The van der Waals surface area contributed by atoms with Gasteiger partial charge in [-0.2, -0.15) is 4.68 Å². The normalized spacial score (nSPS) is 15.1. The van der Waals surface area contributed by atoms with Gasteiger partial charge in [0.1, 0.15) is 0 Å². The van der Waals surface area contributed by atoms with E-state index in [1.165, 1.54) is 16.9 Å². The molecule has 1 aromatic carbocycles. The van der Waals surface area contributed by atoms with Gasteiger partial charge >= 0.3 is 0 Å². The van der Waals surface area contributed by atoms with Crippen LogP contribution in [-0.2, 0) is 11.5 Å². The highest BCUT2D eigenvalue weighted by Crippen LogP contribution is 2.20. The van der Waals surface area contributed by atoms with E-state index in [9.17, 15) is 4.79 Å². The second-order valence-corrected chi connectivity index (χ2v) is 7.92. The molecule has 1 heterocycles. The number of aromatic nitrogens is 2. The van der Waals surface area contributed by atoms with E-state index in [2.05, 4.69) is 34.8 Å². The summed E-state index contributed by atoms with van der Waals surface area (Å²) < 4.78 is 2.48. The van der Waals surface area contributed by atoms with Crippen molar-refractivity contribution < 1.29 is 9.69 Å². The Bertz CT molecular complexity index is 781. The minimum absolute atomic E-state index is 0.0925. The largest absolute Gasteiger partial charge is 0.348 e. The van der Waals surface area contributed by atoms with Crippen LogP contribution in [0.2, 0.25) is 0 Å². The quantitative estimate of drug-likeness (QED) is 0.651. The minimum Gasteiger partial charge on any atom is -0.348 e.